The molecular formula is C8H6ClFN4S. The number of rotatable bonds is 2. The van der Waals surface area contributed by atoms with Gasteiger partial charge < -0.3 is 0 Å². The minimum Gasteiger partial charge on any atom is -0.275 e. The molecule has 0 bridgehead atoms. The van der Waals surface area contributed by atoms with Crippen LogP contribution in [0.25, 0.3) is 0 Å². The maximum atomic E-state index is 13.2. The minimum absolute atomic E-state index is 0.0304. The van der Waals surface area contributed by atoms with Crippen molar-refractivity contribution in [1.82, 2.24) is 19.7 Å². The molecule has 0 radical (unpaired) electrons. The maximum absolute atomic E-state index is 13.2. The monoisotopic (exact) mass is 244 g/mol. The first kappa shape index (κ1) is 10.4. The van der Waals surface area contributed by atoms with Gasteiger partial charge in [-0.2, -0.15) is 5.10 Å². The lowest BCUT2D eigenvalue weighted by atomic mass is 10.6. The van der Waals surface area contributed by atoms with Gasteiger partial charge >= 0.3 is 0 Å². The molecular weight excluding hydrogens is 239 g/mol. The summed E-state index contributed by atoms with van der Waals surface area (Å²) in [6, 6.07) is 0. The first-order valence-electron chi connectivity index (χ1n) is 3.99. The number of hydrogen-bond acceptors (Lipinski definition) is 4. The summed E-state index contributed by atoms with van der Waals surface area (Å²) < 4.78 is 14.9. The van der Waals surface area contributed by atoms with Gasteiger partial charge in [-0.05, 0) is 11.6 Å². The summed E-state index contributed by atoms with van der Waals surface area (Å²) in [5, 5.41) is 4.19. The van der Waals surface area contributed by atoms with Gasteiger partial charge in [0.05, 0.1) is 17.3 Å². The van der Waals surface area contributed by atoms with Crippen molar-refractivity contribution in [1.29, 1.82) is 0 Å². The second-order valence-corrected chi connectivity index (χ2v) is 4.14. The van der Waals surface area contributed by atoms with Crippen molar-refractivity contribution in [3.63, 3.8) is 0 Å². The van der Waals surface area contributed by atoms with Gasteiger partial charge in [-0.15, -0.1) is 0 Å². The zero-order valence-electron chi connectivity index (χ0n) is 7.69. The van der Waals surface area contributed by atoms with Crippen LogP contribution in [0.3, 0.4) is 0 Å². The third-order valence-corrected chi connectivity index (χ3v) is 2.69. The second kappa shape index (κ2) is 4.16. The molecule has 0 spiro atoms. The molecule has 15 heavy (non-hydrogen) atoms. The van der Waals surface area contributed by atoms with Crippen LogP contribution < -0.4 is 0 Å². The van der Waals surface area contributed by atoms with Crippen LogP contribution in [-0.2, 0) is 7.05 Å². The van der Waals surface area contributed by atoms with Crippen LogP contribution in [-0.4, -0.2) is 19.7 Å². The molecule has 0 saturated heterocycles. The van der Waals surface area contributed by atoms with E-state index in [-0.39, 0.29) is 10.3 Å². The van der Waals surface area contributed by atoms with E-state index in [0.717, 1.165) is 22.9 Å². The highest BCUT2D eigenvalue weighted by Crippen LogP contribution is 2.27. The average Bonchev–Trinajstić information content (AvgIpc) is 2.58. The quantitative estimate of drug-likeness (QED) is 0.600. The van der Waals surface area contributed by atoms with E-state index in [0.29, 0.717) is 0 Å². The largest absolute Gasteiger partial charge is 0.275 e. The van der Waals surface area contributed by atoms with E-state index in [1.54, 1.807) is 24.1 Å². The van der Waals surface area contributed by atoms with Gasteiger partial charge in [-0.25, -0.2) is 14.4 Å². The van der Waals surface area contributed by atoms with E-state index in [2.05, 4.69) is 15.1 Å². The number of halogens is 2. The van der Waals surface area contributed by atoms with Crippen LogP contribution in [0.2, 0.25) is 5.28 Å². The zero-order valence-corrected chi connectivity index (χ0v) is 9.26. The molecule has 0 N–H and O–H groups in total. The Balaban J connectivity index is 2.27. The smallest absolute Gasteiger partial charge is 0.223 e. The first-order chi connectivity index (χ1) is 7.15. The first-order valence-corrected chi connectivity index (χ1v) is 5.19. The predicted molar refractivity (Wildman–Crippen MR) is 54.3 cm³/mol. The SMILES string of the molecule is Cn1cc(Sc2nc(Cl)ncc2F)cn1. The van der Waals surface area contributed by atoms with Crippen LogP contribution in [0.1, 0.15) is 0 Å². The number of nitrogens with zero attached hydrogens (tertiary/aromatic N) is 4. The van der Waals surface area contributed by atoms with E-state index < -0.39 is 5.82 Å². The Bertz CT molecular complexity index is 487. The average molecular weight is 245 g/mol. The molecule has 2 aromatic heterocycles. The third-order valence-electron chi connectivity index (χ3n) is 1.58. The predicted octanol–water partition coefficient (Wildman–Crippen LogP) is 2.15. The lowest BCUT2D eigenvalue weighted by molar-refractivity contribution is 0.579. The van der Waals surface area contributed by atoms with Gasteiger partial charge in [0.1, 0.15) is 5.03 Å². The Morgan fingerprint density at radius 3 is 2.93 bits per heavy atom. The molecule has 0 amide bonds. The summed E-state index contributed by atoms with van der Waals surface area (Å²) in [6.45, 7) is 0. The molecule has 2 heterocycles. The molecule has 0 aliphatic heterocycles. The highest BCUT2D eigenvalue weighted by molar-refractivity contribution is 7.99. The highest BCUT2D eigenvalue weighted by Gasteiger charge is 2.08. The molecule has 4 nitrogen and oxygen atoms in total. The van der Waals surface area contributed by atoms with Crippen molar-refractivity contribution in [3.8, 4) is 0 Å². The molecule has 7 heteroatoms. The molecule has 0 fully saturated rings. The van der Waals surface area contributed by atoms with E-state index in [1.165, 1.54) is 0 Å². The molecule has 0 atom stereocenters. The number of hydrogen-bond donors (Lipinski definition) is 0. The van der Waals surface area contributed by atoms with Crippen LogP contribution in [0, 0.1) is 5.82 Å². The lowest BCUT2D eigenvalue weighted by Crippen LogP contribution is -1.89. The Hall–Kier alpha value is -1.14. The fourth-order valence-electron chi connectivity index (χ4n) is 0.966. The molecule has 78 valence electrons. The number of aromatic nitrogens is 4. The van der Waals surface area contributed by atoms with Crippen molar-refractivity contribution in [2.75, 3.05) is 0 Å². The fraction of sp³-hybridized carbons (Fsp3) is 0.125. The summed E-state index contributed by atoms with van der Waals surface area (Å²) >= 11 is 6.72. The Morgan fingerprint density at radius 1 is 1.47 bits per heavy atom. The van der Waals surface area contributed by atoms with Crippen LogP contribution in [0.5, 0.6) is 0 Å². The summed E-state index contributed by atoms with van der Waals surface area (Å²) in [5.41, 5.74) is 0. The molecule has 0 aromatic carbocycles. The second-order valence-electron chi connectivity index (χ2n) is 2.74. The van der Waals surface area contributed by atoms with Crippen molar-refractivity contribution >= 4 is 23.4 Å². The van der Waals surface area contributed by atoms with Gasteiger partial charge in [0.15, 0.2) is 5.82 Å². The van der Waals surface area contributed by atoms with Crippen molar-refractivity contribution in [3.05, 3.63) is 29.7 Å². The summed E-state index contributed by atoms with van der Waals surface area (Å²) in [6.07, 6.45) is 4.44. The van der Waals surface area contributed by atoms with Crippen molar-refractivity contribution in [2.24, 2.45) is 7.05 Å². The normalized spacial score (nSPS) is 10.6. The molecule has 0 aliphatic carbocycles. The summed E-state index contributed by atoms with van der Waals surface area (Å²) in [5.74, 6) is -0.492. The Morgan fingerprint density at radius 2 is 2.27 bits per heavy atom. The topological polar surface area (TPSA) is 43.6 Å². The highest BCUT2D eigenvalue weighted by atomic mass is 35.5. The van der Waals surface area contributed by atoms with Crippen LogP contribution >= 0.6 is 23.4 Å². The molecule has 2 rings (SSSR count). The Kier molecular flexibility index (Phi) is 2.88. The molecule has 0 aliphatic rings. The van der Waals surface area contributed by atoms with E-state index in [4.69, 9.17) is 11.6 Å². The fourth-order valence-corrected chi connectivity index (χ4v) is 1.96. The molecule has 2 aromatic rings. The van der Waals surface area contributed by atoms with Crippen molar-refractivity contribution < 1.29 is 4.39 Å². The van der Waals surface area contributed by atoms with Gasteiger partial charge in [-0.1, -0.05) is 11.8 Å². The van der Waals surface area contributed by atoms with E-state index in [9.17, 15) is 4.39 Å². The zero-order chi connectivity index (χ0) is 10.8. The van der Waals surface area contributed by atoms with Crippen molar-refractivity contribution in [2.45, 2.75) is 9.92 Å². The van der Waals surface area contributed by atoms with Gasteiger partial charge in [0.25, 0.3) is 0 Å². The maximum Gasteiger partial charge on any atom is 0.223 e. The van der Waals surface area contributed by atoms with Gasteiger partial charge in [0.2, 0.25) is 5.28 Å². The summed E-state index contributed by atoms with van der Waals surface area (Å²) in [4.78, 5) is 8.11. The number of aryl methyl sites for hydroxylation is 1. The van der Waals surface area contributed by atoms with E-state index >= 15 is 0 Å². The molecule has 0 unspecified atom stereocenters. The van der Waals surface area contributed by atoms with Crippen LogP contribution in [0.4, 0.5) is 4.39 Å². The van der Waals surface area contributed by atoms with Gasteiger partial charge in [0, 0.05) is 13.2 Å². The lowest BCUT2D eigenvalue weighted by Gasteiger charge is -1.98. The Labute approximate surface area is 94.5 Å². The van der Waals surface area contributed by atoms with Crippen LogP contribution in [0.15, 0.2) is 28.5 Å². The third kappa shape index (κ3) is 2.45. The minimum atomic E-state index is -0.492. The van der Waals surface area contributed by atoms with Gasteiger partial charge in [-0.3, -0.25) is 4.68 Å². The standard InChI is InChI=1S/C8H6ClFN4S/c1-14-4-5(2-12-14)15-7-6(10)3-11-8(9)13-7/h2-4H,1H3. The van der Waals surface area contributed by atoms with E-state index in [1.807, 2.05) is 0 Å². The molecule has 0 saturated carbocycles. The summed E-state index contributed by atoms with van der Waals surface area (Å²) in [7, 11) is 1.79.